The molecule has 0 amide bonds. The summed E-state index contributed by atoms with van der Waals surface area (Å²) in [7, 11) is 0. The summed E-state index contributed by atoms with van der Waals surface area (Å²) in [5, 5.41) is 8.90. The second-order valence-corrected chi connectivity index (χ2v) is 4.46. The summed E-state index contributed by atoms with van der Waals surface area (Å²) >= 11 is 0. The van der Waals surface area contributed by atoms with E-state index in [2.05, 4.69) is 6.07 Å². The molecule has 3 nitrogen and oxygen atoms in total. The molecule has 0 spiro atoms. The zero-order chi connectivity index (χ0) is 12.3. The molecule has 1 atom stereocenters. The Bertz CT molecular complexity index is 386. The van der Waals surface area contributed by atoms with Crippen molar-refractivity contribution in [2.24, 2.45) is 5.73 Å². The SMILES string of the molecule is CC[C@@](N)(CC(=O)O)c1cc(C)cc(C)c1.Cl. The topological polar surface area (TPSA) is 63.3 Å². The fraction of sp³-hybridized carbons (Fsp3) is 0.462. The molecule has 0 aromatic heterocycles. The lowest BCUT2D eigenvalue weighted by Gasteiger charge is -2.27. The summed E-state index contributed by atoms with van der Waals surface area (Å²) < 4.78 is 0. The third-order valence-electron chi connectivity index (χ3n) is 2.89. The average Bonchev–Trinajstić information content (AvgIpc) is 2.15. The van der Waals surface area contributed by atoms with Crippen molar-refractivity contribution in [2.75, 3.05) is 0 Å². The number of hydrogen-bond acceptors (Lipinski definition) is 2. The number of rotatable bonds is 4. The van der Waals surface area contributed by atoms with Crippen molar-refractivity contribution in [3.63, 3.8) is 0 Å². The van der Waals surface area contributed by atoms with E-state index in [1.165, 1.54) is 0 Å². The molecule has 0 aliphatic rings. The van der Waals surface area contributed by atoms with E-state index >= 15 is 0 Å². The summed E-state index contributed by atoms with van der Waals surface area (Å²) in [4.78, 5) is 10.8. The number of nitrogens with two attached hydrogens (primary N) is 1. The van der Waals surface area contributed by atoms with Crippen molar-refractivity contribution in [3.05, 3.63) is 34.9 Å². The highest BCUT2D eigenvalue weighted by Gasteiger charge is 2.28. The maximum atomic E-state index is 10.8. The summed E-state index contributed by atoms with van der Waals surface area (Å²) in [6.45, 7) is 5.90. The third-order valence-corrected chi connectivity index (χ3v) is 2.89. The molecule has 1 aromatic rings. The Morgan fingerprint density at radius 1 is 1.29 bits per heavy atom. The molecule has 0 saturated heterocycles. The van der Waals surface area contributed by atoms with Crippen LogP contribution in [-0.2, 0) is 10.3 Å². The predicted molar refractivity (Wildman–Crippen MR) is 71.6 cm³/mol. The van der Waals surface area contributed by atoms with Crippen LogP contribution < -0.4 is 5.73 Å². The van der Waals surface area contributed by atoms with Crippen LogP contribution >= 0.6 is 12.4 Å². The van der Waals surface area contributed by atoms with Gasteiger partial charge in [0.05, 0.1) is 12.0 Å². The molecule has 1 aromatic carbocycles. The molecule has 3 N–H and O–H groups in total. The highest BCUT2D eigenvalue weighted by molar-refractivity contribution is 5.85. The summed E-state index contributed by atoms with van der Waals surface area (Å²) in [6, 6.07) is 6.00. The standard InChI is InChI=1S/C13H19NO2.ClH/c1-4-13(14,8-12(15)16)11-6-9(2)5-10(3)7-11;/h5-7H,4,8,14H2,1-3H3,(H,15,16);1H/t13-;/m1./s1. The van der Waals surface area contributed by atoms with Crippen LogP contribution in [0, 0.1) is 13.8 Å². The van der Waals surface area contributed by atoms with E-state index in [0.717, 1.165) is 16.7 Å². The minimum atomic E-state index is -0.858. The van der Waals surface area contributed by atoms with E-state index in [9.17, 15) is 4.79 Å². The molecule has 0 heterocycles. The maximum absolute atomic E-state index is 10.8. The monoisotopic (exact) mass is 257 g/mol. The van der Waals surface area contributed by atoms with Crippen LogP contribution in [0.2, 0.25) is 0 Å². The highest BCUT2D eigenvalue weighted by atomic mass is 35.5. The van der Waals surface area contributed by atoms with Gasteiger partial charge in [0.2, 0.25) is 0 Å². The molecule has 1 rings (SSSR count). The van der Waals surface area contributed by atoms with E-state index in [1.807, 2.05) is 32.9 Å². The van der Waals surface area contributed by atoms with Crippen LogP contribution in [0.1, 0.15) is 36.5 Å². The fourth-order valence-corrected chi connectivity index (χ4v) is 1.96. The Kier molecular flexibility index (Phi) is 5.66. The van der Waals surface area contributed by atoms with Crippen molar-refractivity contribution >= 4 is 18.4 Å². The van der Waals surface area contributed by atoms with Crippen molar-refractivity contribution in [1.29, 1.82) is 0 Å². The molecule has 0 aliphatic carbocycles. The first-order valence-corrected chi connectivity index (χ1v) is 5.47. The average molecular weight is 258 g/mol. The van der Waals surface area contributed by atoms with Gasteiger partial charge in [-0.25, -0.2) is 0 Å². The van der Waals surface area contributed by atoms with Gasteiger partial charge >= 0.3 is 5.97 Å². The molecule has 96 valence electrons. The van der Waals surface area contributed by atoms with E-state index in [1.54, 1.807) is 0 Å². The van der Waals surface area contributed by atoms with Gasteiger partial charge in [-0.3, -0.25) is 4.79 Å². The second kappa shape index (κ2) is 6.03. The van der Waals surface area contributed by atoms with Gasteiger partial charge < -0.3 is 10.8 Å². The Labute approximate surface area is 108 Å². The van der Waals surface area contributed by atoms with Gasteiger partial charge in [-0.2, -0.15) is 0 Å². The van der Waals surface area contributed by atoms with Crippen LogP contribution in [0.4, 0.5) is 0 Å². The van der Waals surface area contributed by atoms with Gasteiger partial charge in [0.15, 0.2) is 0 Å². The number of halogens is 1. The molecular formula is C13H20ClNO2. The highest BCUT2D eigenvalue weighted by Crippen LogP contribution is 2.27. The van der Waals surface area contributed by atoms with Crippen LogP contribution in [0.25, 0.3) is 0 Å². The molecular weight excluding hydrogens is 238 g/mol. The van der Waals surface area contributed by atoms with Crippen LogP contribution in [0.5, 0.6) is 0 Å². The molecule has 0 radical (unpaired) electrons. The minimum Gasteiger partial charge on any atom is -0.481 e. The molecule has 4 heteroatoms. The lowest BCUT2D eigenvalue weighted by molar-refractivity contribution is -0.138. The summed E-state index contributed by atoms with van der Waals surface area (Å²) in [6.07, 6.45) is 0.578. The summed E-state index contributed by atoms with van der Waals surface area (Å²) in [5.41, 5.74) is 8.56. The van der Waals surface area contributed by atoms with E-state index < -0.39 is 11.5 Å². The van der Waals surface area contributed by atoms with Gasteiger partial charge in [0.1, 0.15) is 0 Å². The van der Waals surface area contributed by atoms with Gasteiger partial charge in [-0.1, -0.05) is 36.2 Å². The van der Waals surface area contributed by atoms with E-state index in [0.29, 0.717) is 6.42 Å². The normalized spacial score (nSPS) is 13.6. The van der Waals surface area contributed by atoms with Crippen LogP contribution in [0.3, 0.4) is 0 Å². The number of hydrogen-bond donors (Lipinski definition) is 2. The molecule has 0 aliphatic heterocycles. The summed E-state index contributed by atoms with van der Waals surface area (Å²) in [5.74, 6) is -0.858. The second-order valence-electron chi connectivity index (χ2n) is 4.46. The molecule has 0 saturated carbocycles. The van der Waals surface area contributed by atoms with Gasteiger partial charge in [-0.05, 0) is 25.8 Å². The molecule has 0 unspecified atom stereocenters. The number of aryl methyl sites for hydroxylation is 2. The van der Waals surface area contributed by atoms with Crippen LogP contribution in [-0.4, -0.2) is 11.1 Å². The van der Waals surface area contributed by atoms with Crippen molar-refractivity contribution in [3.8, 4) is 0 Å². The lowest BCUT2D eigenvalue weighted by atomic mass is 9.84. The third kappa shape index (κ3) is 4.02. The molecule has 17 heavy (non-hydrogen) atoms. The number of carboxylic acids is 1. The van der Waals surface area contributed by atoms with E-state index in [-0.39, 0.29) is 18.8 Å². The lowest BCUT2D eigenvalue weighted by Crippen LogP contribution is -2.38. The van der Waals surface area contributed by atoms with Gasteiger partial charge in [-0.15, -0.1) is 12.4 Å². The Morgan fingerprint density at radius 2 is 1.76 bits per heavy atom. The predicted octanol–water partition coefficient (Wildman–Crippen LogP) is 2.76. The maximum Gasteiger partial charge on any atom is 0.305 e. The zero-order valence-electron chi connectivity index (χ0n) is 10.5. The van der Waals surface area contributed by atoms with Crippen molar-refractivity contribution in [2.45, 2.75) is 39.2 Å². The number of carbonyl (C=O) groups is 1. The minimum absolute atomic E-state index is 0. The van der Waals surface area contributed by atoms with Crippen LogP contribution in [0.15, 0.2) is 18.2 Å². The van der Waals surface area contributed by atoms with Crippen molar-refractivity contribution < 1.29 is 9.90 Å². The number of aliphatic carboxylic acids is 1. The van der Waals surface area contributed by atoms with Gasteiger partial charge in [0, 0.05) is 0 Å². The Morgan fingerprint density at radius 3 is 2.12 bits per heavy atom. The fourth-order valence-electron chi connectivity index (χ4n) is 1.96. The first kappa shape index (κ1) is 15.9. The Balaban J connectivity index is 0.00000256. The van der Waals surface area contributed by atoms with Crippen molar-refractivity contribution in [1.82, 2.24) is 0 Å². The number of carboxylic acid groups (broad SMARTS) is 1. The largest absolute Gasteiger partial charge is 0.481 e. The first-order chi connectivity index (χ1) is 7.37. The van der Waals surface area contributed by atoms with Gasteiger partial charge in [0.25, 0.3) is 0 Å². The number of benzene rings is 1. The smallest absolute Gasteiger partial charge is 0.305 e. The molecule has 0 fully saturated rings. The molecule has 0 bridgehead atoms. The Hall–Kier alpha value is -1.06. The zero-order valence-corrected chi connectivity index (χ0v) is 11.3. The van der Waals surface area contributed by atoms with E-state index in [4.69, 9.17) is 10.8 Å². The first-order valence-electron chi connectivity index (χ1n) is 5.47. The quantitative estimate of drug-likeness (QED) is 0.872.